The van der Waals surface area contributed by atoms with Gasteiger partial charge in [-0.05, 0) is 57.6 Å². The lowest BCUT2D eigenvalue weighted by Crippen LogP contribution is -2.00. The summed E-state index contributed by atoms with van der Waals surface area (Å²) in [5, 5.41) is -0.366. The topological polar surface area (TPSA) is 51.8 Å². The second-order valence-electron chi connectivity index (χ2n) is 11.2. The molecule has 230 valence electrons. The lowest BCUT2D eigenvalue weighted by molar-refractivity contribution is 0.669. The van der Waals surface area contributed by atoms with Crippen molar-refractivity contribution in [2.45, 2.75) is 0 Å². The Morgan fingerprint density at radius 1 is 0.347 bits per heavy atom. The van der Waals surface area contributed by atoms with Gasteiger partial charge in [-0.1, -0.05) is 151 Å². The second kappa shape index (κ2) is 12.2. The van der Waals surface area contributed by atoms with Crippen LogP contribution in [0.1, 0.15) is 15.1 Å². The van der Waals surface area contributed by atoms with Crippen LogP contribution in [0.25, 0.3) is 89.5 Å². The Balaban J connectivity index is 1.27. The molecule has 0 radical (unpaired) electrons. The molecule has 49 heavy (non-hydrogen) atoms. The van der Waals surface area contributed by atoms with Crippen LogP contribution in [0.4, 0.5) is 0 Å². The van der Waals surface area contributed by atoms with Gasteiger partial charge in [-0.15, -0.1) is 0 Å². The third-order valence-corrected chi connectivity index (χ3v) is 8.12. The van der Waals surface area contributed by atoms with Crippen molar-refractivity contribution < 1.29 is 19.5 Å². The van der Waals surface area contributed by atoms with E-state index in [1.54, 1.807) is 0 Å². The standard InChI is InChI=1S/C45H29N3O/c1-3-10-30(11-4-1)32-18-22-34(23-19-32)43-46-44(35-24-20-33(21-25-35)31-12-5-2-6-13-31)48-45(47-43)38-15-9-14-36(28-38)37-26-27-40-39-16-7-8-17-41(39)49-42(40)29-37/h1-29H/i7D,8D,9D,14D,15D,16D,17D,26D,27D,28D,29D. The van der Waals surface area contributed by atoms with E-state index in [2.05, 4.69) is 0 Å². The van der Waals surface area contributed by atoms with E-state index in [1.165, 1.54) is 0 Å². The third kappa shape index (κ3) is 5.56. The van der Waals surface area contributed by atoms with Crippen molar-refractivity contribution in [2.75, 3.05) is 0 Å². The molecule has 0 N–H and O–H groups in total. The van der Waals surface area contributed by atoms with E-state index >= 15 is 0 Å². The normalized spacial score (nSPS) is 14.4. The van der Waals surface area contributed by atoms with E-state index in [0.717, 1.165) is 22.3 Å². The molecular weight excluding hydrogens is 599 g/mol. The molecule has 0 amide bonds. The Morgan fingerprint density at radius 3 is 1.43 bits per heavy atom. The summed E-state index contributed by atoms with van der Waals surface area (Å²) in [4.78, 5) is 14.3. The summed E-state index contributed by atoms with van der Waals surface area (Å²) in [6.45, 7) is 0. The van der Waals surface area contributed by atoms with Gasteiger partial charge in [0, 0.05) is 27.5 Å². The van der Waals surface area contributed by atoms with Gasteiger partial charge in [0.25, 0.3) is 0 Å². The molecular formula is C45H29N3O. The van der Waals surface area contributed by atoms with Crippen LogP contribution in [0.5, 0.6) is 0 Å². The van der Waals surface area contributed by atoms with E-state index < -0.39 is 77.6 Å². The largest absolute Gasteiger partial charge is 0.456 e. The molecule has 0 unspecified atom stereocenters. The maximum atomic E-state index is 9.51. The molecule has 9 rings (SSSR count). The van der Waals surface area contributed by atoms with Crippen molar-refractivity contribution in [1.82, 2.24) is 15.0 Å². The molecule has 0 saturated heterocycles. The van der Waals surface area contributed by atoms with E-state index in [4.69, 9.17) is 31.7 Å². The first-order valence-corrected chi connectivity index (χ1v) is 15.5. The number of hydrogen-bond donors (Lipinski definition) is 0. The quantitative estimate of drug-likeness (QED) is 0.182. The van der Waals surface area contributed by atoms with Gasteiger partial charge in [-0.25, -0.2) is 15.0 Å². The number of hydrogen-bond acceptors (Lipinski definition) is 4. The van der Waals surface area contributed by atoms with E-state index in [9.17, 15) is 2.74 Å². The van der Waals surface area contributed by atoms with Crippen molar-refractivity contribution in [3.63, 3.8) is 0 Å². The van der Waals surface area contributed by atoms with Gasteiger partial charge < -0.3 is 4.42 Å². The maximum Gasteiger partial charge on any atom is 0.164 e. The molecule has 0 atom stereocenters. The third-order valence-electron chi connectivity index (χ3n) is 8.12. The summed E-state index contributed by atoms with van der Waals surface area (Å²) in [6.07, 6.45) is 0. The zero-order valence-electron chi connectivity index (χ0n) is 36.6. The Hall–Kier alpha value is -6.65. The smallest absolute Gasteiger partial charge is 0.164 e. The SMILES string of the molecule is [2H]c1c([2H])c(-c2nc(-c3ccc(-c4ccccc4)cc3)nc(-c3ccc(-c4ccccc4)cc3)n2)c([2H])c(-c2c([2H])c([2H])c3c(oc4c([2H])c([2H])c([2H])c([2H])c43)c2[2H])c1[2H]. The average Bonchev–Trinajstić information content (AvgIpc) is 3.69. The summed E-state index contributed by atoms with van der Waals surface area (Å²) >= 11 is 0. The molecule has 9 aromatic rings. The lowest BCUT2D eigenvalue weighted by atomic mass is 10.0. The van der Waals surface area contributed by atoms with Gasteiger partial charge >= 0.3 is 0 Å². The Kier molecular flexibility index (Phi) is 4.78. The highest BCUT2D eigenvalue weighted by molar-refractivity contribution is 6.05. The molecule has 0 saturated carbocycles. The molecule has 2 aromatic heterocycles. The Morgan fingerprint density at radius 2 is 0.816 bits per heavy atom. The summed E-state index contributed by atoms with van der Waals surface area (Å²) in [5.41, 5.74) is 3.32. The van der Waals surface area contributed by atoms with Crippen LogP contribution >= 0.6 is 0 Å². The van der Waals surface area contributed by atoms with Crippen molar-refractivity contribution >= 4 is 21.9 Å². The van der Waals surface area contributed by atoms with Crippen molar-refractivity contribution in [2.24, 2.45) is 0 Å². The van der Waals surface area contributed by atoms with Crippen molar-refractivity contribution in [1.29, 1.82) is 0 Å². The first-order chi connectivity index (χ1) is 28.8. The Bertz CT molecular complexity index is 3090. The number of aromatic nitrogens is 3. The number of fused-ring (bicyclic) bond motifs is 3. The number of rotatable bonds is 6. The van der Waals surface area contributed by atoms with Crippen molar-refractivity contribution in [3.05, 3.63) is 176 Å². The Labute approximate surface area is 299 Å². The van der Waals surface area contributed by atoms with Crippen molar-refractivity contribution in [3.8, 4) is 67.5 Å². The molecule has 2 heterocycles. The van der Waals surface area contributed by atoms with Gasteiger partial charge in [0.1, 0.15) is 11.2 Å². The maximum absolute atomic E-state index is 9.51. The first-order valence-electron chi connectivity index (χ1n) is 21.0. The van der Waals surface area contributed by atoms with E-state index in [0.29, 0.717) is 11.1 Å². The molecule has 4 nitrogen and oxygen atoms in total. The van der Waals surface area contributed by atoms with Gasteiger partial charge in [0.15, 0.2) is 17.5 Å². The highest BCUT2D eigenvalue weighted by Crippen LogP contribution is 2.34. The lowest BCUT2D eigenvalue weighted by Gasteiger charge is -2.11. The fraction of sp³-hybridized carbons (Fsp3) is 0. The highest BCUT2D eigenvalue weighted by atomic mass is 16.3. The fourth-order valence-electron chi connectivity index (χ4n) is 5.63. The number of furan rings is 1. The van der Waals surface area contributed by atoms with Crippen LogP contribution in [0.2, 0.25) is 0 Å². The van der Waals surface area contributed by atoms with Crippen LogP contribution in [-0.4, -0.2) is 15.0 Å². The molecule has 7 aromatic carbocycles. The predicted octanol–water partition coefficient (Wildman–Crippen LogP) is 11.8. The second-order valence-corrected chi connectivity index (χ2v) is 11.2. The summed E-state index contributed by atoms with van der Waals surface area (Å²) in [7, 11) is 0. The first kappa shape index (κ1) is 19.2. The minimum atomic E-state index is -0.655. The highest BCUT2D eigenvalue weighted by Gasteiger charge is 2.15. The van der Waals surface area contributed by atoms with Crippen LogP contribution in [0.3, 0.4) is 0 Å². The zero-order chi connectivity index (χ0) is 42.1. The summed E-state index contributed by atoms with van der Waals surface area (Å²) in [6, 6.07) is 28.3. The number of nitrogens with zero attached hydrogens (tertiary/aromatic N) is 3. The molecule has 0 spiro atoms. The molecule has 0 bridgehead atoms. The van der Waals surface area contributed by atoms with Gasteiger partial charge in [0.2, 0.25) is 0 Å². The minimum absolute atomic E-state index is 0.170. The van der Waals surface area contributed by atoms with Gasteiger partial charge in [-0.3, -0.25) is 0 Å². The van der Waals surface area contributed by atoms with Gasteiger partial charge in [0.05, 0.1) is 15.1 Å². The van der Waals surface area contributed by atoms with Crippen LogP contribution in [0, 0.1) is 0 Å². The molecule has 4 heteroatoms. The predicted molar refractivity (Wildman–Crippen MR) is 200 cm³/mol. The number of benzene rings is 7. The minimum Gasteiger partial charge on any atom is -0.456 e. The summed E-state index contributed by atoms with van der Waals surface area (Å²) < 4.78 is 103. The van der Waals surface area contributed by atoms with Crippen LogP contribution < -0.4 is 0 Å². The molecule has 0 aliphatic rings. The number of para-hydroxylation sites is 1. The molecule has 0 aliphatic heterocycles. The van der Waals surface area contributed by atoms with Gasteiger partial charge in [-0.2, -0.15) is 0 Å². The fourth-order valence-corrected chi connectivity index (χ4v) is 5.63. The van der Waals surface area contributed by atoms with E-state index in [-0.39, 0.29) is 45.0 Å². The van der Waals surface area contributed by atoms with E-state index in [1.807, 2.05) is 109 Å². The molecule has 0 fully saturated rings. The van der Waals surface area contributed by atoms with Crippen LogP contribution in [-0.2, 0) is 0 Å². The average molecular weight is 639 g/mol. The molecule has 0 aliphatic carbocycles. The summed E-state index contributed by atoms with van der Waals surface area (Å²) in [5.74, 6) is 0.225. The monoisotopic (exact) mass is 638 g/mol. The van der Waals surface area contributed by atoms with Crippen LogP contribution in [0.15, 0.2) is 180 Å². The zero-order valence-corrected chi connectivity index (χ0v) is 25.6.